The van der Waals surface area contributed by atoms with Crippen LogP contribution in [0.15, 0.2) is 18.3 Å². The number of rotatable bonds is 3. The Morgan fingerprint density at radius 3 is 2.83 bits per heavy atom. The standard InChI is InChI=1S/C9H12N2O/c1-2-9(10)7-3-4-8(6-12)11-5-7/h3-6,9H,2,10H2,1H3/t9-/m1/s1. The van der Waals surface area contributed by atoms with Gasteiger partial charge in [-0.1, -0.05) is 13.0 Å². The van der Waals surface area contributed by atoms with Crippen LogP contribution in [0.1, 0.15) is 35.4 Å². The molecular weight excluding hydrogens is 152 g/mol. The summed E-state index contributed by atoms with van der Waals surface area (Å²) in [6, 6.07) is 3.54. The number of carbonyl (C=O) groups excluding carboxylic acids is 1. The van der Waals surface area contributed by atoms with Gasteiger partial charge in [-0.3, -0.25) is 9.78 Å². The Kier molecular flexibility index (Phi) is 2.94. The molecule has 3 heteroatoms. The van der Waals surface area contributed by atoms with Crippen molar-refractivity contribution in [2.45, 2.75) is 19.4 Å². The van der Waals surface area contributed by atoms with Crippen LogP contribution in [0.5, 0.6) is 0 Å². The molecule has 1 aromatic heterocycles. The average molecular weight is 164 g/mol. The minimum Gasteiger partial charge on any atom is -0.324 e. The van der Waals surface area contributed by atoms with E-state index in [1.165, 1.54) is 0 Å². The van der Waals surface area contributed by atoms with E-state index in [0.717, 1.165) is 18.3 Å². The largest absolute Gasteiger partial charge is 0.324 e. The molecule has 64 valence electrons. The smallest absolute Gasteiger partial charge is 0.168 e. The summed E-state index contributed by atoms with van der Waals surface area (Å²) >= 11 is 0. The molecule has 0 spiro atoms. The van der Waals surface area contributed by atoms with Gasteiger partial charge >= 0.3 is 0 Å². The number of aromatic nitrogens is 1. The summed E-state index contributed by atoms with van der Waals surface area (Å²) < 4.78 is 0. The number of carbonyl (C=O) groups is 1. The second-order valence-corrected chi connectivity index (χ2v) is 2.65. The molecular formula is C9H12N2O. The van der Waals surface area contributed by atoms with Gasteiger partial charge in [0.25, 0.3) is 0 Å². The SMILES string of the molecule is CC[C@@H](N)c1ccc(C=O)nc1. The fourth-order valence-corrected chi connectivity index (χ4v) is 0.941. The maximum absolute atomic E-state index is 10.3. The van der Waals surface area contributed by atoms with Crippen molar-refractivity contribution >= 4 is 6.29 Å². The molecule has 1 rings (SSSR count). The van der Waals surface area contributed by atoms with Gasteiger partial charge in [-0.05, 0) is 18.1 Å². The van der Waals surface area contributed by atoms with Crippen LogP contribution in [0.3, 0.4) is 0 Å². The van der Waals surface area contributed by atoms with Crippen LogP contribution in [0, 0.1) is 0 Å². The quantitative estimate of drug-likeness (QED) is 0.685. The van der Waals surface area contributed by atoms with Gasteiger partial charge < -0.3 is 5.73 Å². The van der Waals surface area contributed by atoms with E-state index in [9.17, 15) is 4.79 Å². The Labute approximate surface area is 71.6 Å². The predicted molar refractivity (Wildman–Crippen MR) is 46.8 cm³/mol. The van der Waals surface area contributed by atoms with Gasteiger partial charge in [-0.2, -0.15) is 0 Å². The first-order valence-corrected chi connectivity index (χ1v) is 3.94. The van der Waals surface area contributed by atoms with Gasteiger partial charge in [0.2, 0.25) is 0 Å². The molecule has 1 heterocycles. The zero-order chi connectivity index (χ0) is 8.97. The summed E-state index contributed by atoms with van der Waals surface area (Å²) in [7, 11) is 0. The van der Waals surface area contributed by atoms with Crippen LogP contribution in [0.25, 0.3) is 0 Å². The summed E-state index contributed by atoms with van der Waals surface area (Å²) in [6.07, 6.45) is 3.25. The topological polar surface area (TPSA) is 56.0 Å². The molecule has 0 aliphatic heterocycles. The van der Waals surface area contributed by atoms with Gasteiger partial charge in [0, 0.05) is 12.2 Å². The van der Waals surface area contributed by atoms with Crippen molar-refractivity contribution < 1.29 is 4.79 Å². The molecule has 0 radical (unpaired) electrons. The molecule has 0 aliphatic rings. The molecule has 0 fully saturated rings. The third-order valence-corrected chi connectivity index (χ3v) is 1.80. The molecule has 0 saturated carbocycles. The number of nitrogens with two attached hydrogens (primary N) is 1. The van der Waals surface area contributed by atoms with Crippen LogP contribution >= 0.6 is 0 Å². The molecule has 1 atom stereocenters. The average Bonchev–Trinajstić information content (AvgIpc) is 2.17. The Balaban J connectivity index is 2.84. The summed E-state index contributed by atoms with van der Waals surface area (Å²) in [5.74, 6) is 0. The van der Waals surface area contributed by atoms with Crippen molar-refractivity contribution in [1.82, 2.24) is 4.98 Å². The lowest BCUT2D eigenvalue weighted by Gasteiger charge is -2.07. The van der Waals surface area contributed by atoms with E-state index in [1.807, 2.05) is 13.0 Å². The minimum absolute atomic E-state index is 0.0261. The van der Waals surface area contributed by atoms with Gasteiger partial charge in [-0.15, -0.1) is 0 Å². The molecule has 0 aromatic carbocycles. The molecule has 3 nitrogen and oxygen atoms in total. The normalized spacial score (nSPS) is 12.5. The number of hydrogen-bond donors (Lipinski definition) is 1. The van der Waals surface area contributed by atoms with E-state index in [4.69, 9.17) is 5.73 Å². The van der Waals surface area contributed by atoms with Crippen molar-refractivity contribution in [3.63, 3.8) is 0 Å². The number of pyridine rings is 1. The first kappa shape index (κ1) is 8.87. The molecule has 0 amide bonds. The van der Waals surface area contributed by atoms with E-state index in [1.54, 1.807) is 12.3 Å². The molecule has 2 N–H and O–H groups in total. The van der Waals surface area contributed by atoms with E-state index in [0.29, 0.717) is 5.69 Å². The Bertz CT molecular complexity index is 256. The van der Waals surface area contributed by atoms with Crippen LogP contribution in [-0.2, 0) is 0 Å². The maximum atomic E-state index is 10.3. The van der Waals surface area contributed by atoms with Crippen LogP contribution in [0.2, 0.25) is 0 Å². The third-order valence-electron chi connectivity index (χ3n) is 1.80. The van der Waals surface area contributed by atoms with Gasteiger partial charge in [0.1, 0.15) is 5.69 Å². The molecule has 0 bridgehead atoms. The minimum atomic E-state index is 0.0261. The van der Waals surface area contributed by atoms with Crippen molar-refractivity contribution in [3.05, 3.63) is 29.6 Å². The maximum Gasteiger partial charge on any atom is 0.168 e. The monoisotopic (exact) mass is 164 g/mol. The van der Waals surface area contributed by atoms with Gasteiger partial charge in [0.15, 0.2) is 6.29 Å². The first-order chi connectivity index (χ1) is 5.77. The van der Waals surface area contributed by atoms with E-state index < -0.39 is 0 Å². The lowest BCUT2D eigenvalue weighted by atomic mass is 10.1. The third kappa shape index (κ3) is 1.89. The zero-order valence-electron chi connectivity index (χ0n) is 7.03. The first-order valence-electron chi connectivity index (χ1n) is 3.94. The number of aldehydes is 1. The molecule has 0 aliphatic carbocycles. The van der Waals surface area contributed by atoms with Crippen molar-refractivity contribution in [1.29, 1.82) is 0 Å². The number of nitrogens with zero attached hydrogens (tertiary/aromatic N) is 1. The highest BCUT2D eigenvalue weighted by molar-refractivity contribution is 5.71. The van der Waals surface area contributed by atoms with E-state index in [-0.39, 0.29) is 6.04 Å². The van der Waals surface area contributed by atoms with Crippen molar-refractivity contribution in [3.8, 4) is 0 Å². The Hall–Kier alpha value is -1.22. The zero-order valence-corrected chi connectivity index (χ0v) is 7.03. The molecule has 0 unspecified atom stereocenters. The summed E-state index contributed by atoms with van der Waals surface area (Å²) in [6.45, 7) is 2.01. The van der Waals surface area contributed by atoms with E-state index in [2.05, 4.69) is 4.98 Å². The summed E-state index contributed by atoms with van der Waals surface area (Å²) in [5.41, 5.74) is 7.18. The lowest BCUT2D eigenvalue weighted by molar-refractivity contribution is 0.111. The Morgan fingerprint density at radius 2 is 2.42 bits per heavy atom. The fraction of sp³-hybridized carbons (Fsp3) is 0.333. The second kappa shape index (κ2) is 3.97. The van der Waals surface area contributed by atoms with Gasteiger partial charge in [-0.25, -0.2) is 0 Å². The summed E-state index contributed by atoms with van der Waals surface area (Å²) in [5, 5.41) is 0. The lowest BCUT2D eigenvalue weighted by Crippen LogP contribution is -2.08. The van der Waals surface area contributed by atoms with E-state index >= 15 is 0 Å². The highest BCUT2D eigenvalue weighted by Crippen LogP contribution is 2.11. The van der Waals surface area contributed by atoms with Crippen LogP contribution in [-0.4, -0.2) is 11.3 Å². The molecule has 0 saturated heterocycles. The fourth-order valence-electron chi connectivity index (χ4n) is 0.941. The van der Waals surface area contributed by atoms with Crippen molar-refractivity contribution in [2.24, 2.45) is 5.73 Å². The van der Waals surface area contributed by atoms with Crippen molar-refractivity contribution in [2.75, 3.05) is 0 Å². The number of hydrogen-bond acceptors (Lipinski definition) is 3. The van der Waals surface area contributed by atoms with Crippen LogP contribution < -0.4 is 5.73 Å². The second-order valence-electron chi connectivity index (χ2n) is 2.65. The highest BCUT2D eigenvalue weighted by Gasteiger charge is 2.02. The van der Waals surface area contributed by atoms with Gasteiger partial charge in [0.05, 0.1) is 0 Å². The molecule has 12 heavy (non-hydrogen) atoms. The van der Waals surface area contributed by atoms with Crippen LogP contribution in [0.4, 0.5) is 0 Å². The Morgan fingerprint density at radius 1 is 1.67 bits per heavy atom. The predicted octanol–water partition coefficient (Wildman–Crippen LogP) is 1.30. The summed E-state index contributed by atoms with van der Waals surface area (Å²) in [4.78, 5) is 14.2. The molecule has 1 aromatic rings. The highest BCUT2D eigenvalue weighted by atomic mass is 16.1.